The van der Waals surface area contributed by atoms with E-state index in [0.29, 0.717) is 19.1 Å². The van der Waals surface area contributed by atoms with Gasteiger partial charge in [-0.05, 0) is 39.0 Å². The molecule has 1 heterocycles. The number of rotatable bonds is 9. The van der Waals surface area contributed by atoms with Crippen molar-refractivity contribution in [3.8, 4) is 0 Å². The highest BCUT2D eigenvalue weighted by Gasteiger charge is 2.26. The Bertz CT molecular complexity index is 523. The molecule has 0 atom stereocenters. The van der Waals surface area contributed by atoms with Crippen LogP contribution in [0.5, 0.6) is 0 Å². The summed E-state index contributed by atoms with van der Waals surface area (Å²) in [5.74, 6) is 0.715. The second-order valence-corrected chi connectivity index (χ2v) is 6.41. The maximum atomic E-state index is 12.4. The second-order valence-electron chi connectivity index (χ2n) is 6.41. The summed E-state index contributed by atoms with van der Waals surface area (Å²) in [7, 11) is 1.69. The molecule has 0 saturated heterocycles. The van der Waals surface area contributed by atoms with Crippen molar-refractivity contribution in [1.82, 2.24) is 20.0 Å². The van der Waals surface area contributed by atoms with E-state index in [1.165, 1.54) is 12.8 Å². The van der Waals surface area contributed by atoms with E-state index in [4.69, 9.17) is 4.74 Å². The van der Waals surface area contributed by atoms with Crippen LogP contribution in [0.1, 0.15) is 43.1 Å². The van der Waals surface area contributed by atoms with Crippen molar-refractivity contribution in [3.63, 3.8) is 0 Å². The molecular weight excluding hydrogens is 292 g/mol. The summed E-state index contributed by atoms with van der Waals surface area (Å²) in [5, 5.41) is 7.61. The van der Waals surface area contributed by atoms with Crippen molar-refractivity contribution in [2.45, 2.75) is 53.1 Å². The van der Waals surface area contributed by atoms with Gasteiger partial charge in [0.25, 0.3) is 0 Å². The monoisotopic (exact) mass is 322 g/mol. The lowest BCUT2D eigenvalue weighted by molar-refractivity contribution is 0.182. The van der Waals surface area contributed by atoms with Crippen LogP contribution in [0.2, 0.25) is 0 Å². The number of hydrogen-bond donors (Lipinski definition) is 1. The molecule has 130 valence electrons. The third-order valence-electron chi connectivity index (χ3n) is 4.41. The first kappa shape index (κ1) is 17.8. The SMILES string of the molecule is CCCN(CC1CC1)C(=O)NCc1c(C)nn(CCOC)c1C. The van der Waals surface area contributed by atoms with Crippen LogP contribution in [0, 0.1) is 19.8 Å². The fourth-order valence-corrected chi connectivity index (χ4v) is 2.82. The molecule has 0 spiro atoms. The topological polar surface area (TPSA) is 59.4 Å². The van der Waals surface area contributed by atoms with Gasteiger partial charge in [-0.15, -0.1) is 0 Å². The molecule has 23 heavy (non-hydrogen) atoms. The van der Waals surface area contributed by atoms with E-state index in [2.05, 4.69) is 17.3 Å². The Kier molecular flexibility index (Phi) is 6.45. The van der Waals surface area contributed by atoms with E-state index >= 15 is 0 Å². The average molecular weight is 322 g/mol. The Morgan fingerprint density at radius 1 is 1.43 bits per heavy atom. The van der Waals surface area contributed by atoms with Crippen LogP contribution in [0.15, 0.2) is 0 Å². The first-order valence-electron chi connectivity index (χ1n) is 8.61. The number of hydrogen-bond acceptors (Lipinski definition) is 3. The van der Waals surface area contributed by atoms with Crippen LogP contribution in [0.25, 0.3) is 0 Å². The lowest BCUT2D eigenvalue weighted by Crippen LogP contribution is -2.41. The van der Waals surface area contributed by atoms with E-state index in [1.807, 2.05) is 23.4 Å². The van der Waals surface area contributed by atoms with Gasteiger partial charge in [0, 0.05) is 38.0 Å². The predicted octanol–water partition coefficient (Wildman–Crippen LogP) is 2.48. The van der Waals surface area contributed by atoms with Gasteiger partial charge in [0.2, 0.25) is 0 Å². The van der Waals surface area contributed by atoms with Gasteiger partial charge in [-0.3, -0.25) is 4.68 Å². The van der Waals surface area contributed by atoms with Crippen molar-refractivity contribution in [3.05, 3.63) is 17.0 Å². The van der Waals surface area contributed by atoms with Crippen molar-refractivity contribution in [1.29, 1.82) is 0 Å². The molecule has 1 fully saturated rings. The number of ether oxygens (including phenoxy) is 1. The third-order valence-corrected chi connectivity index (χ3v) is 4.41. The standard InChI is InChI=1S/C17H30N4O2/c1-5-8-20(12-15-6-7-15)17(22)18-11-16-13(2)19-21(14(16)3)9-10-23-4/h15H,5-12H2,1-4H3,(H,18,22). The van der Waals surface area contributed by atoms with E-state index in [1.54, 1.807) is 7.11 Å². The summed E-state index contributed by atoms with van der Waals surface area (Å²) in [4.78, 5) is 14.4. The maximum Gasteiger partial charge on any atom is 0.317 e. The molecule has 1 saturated carbocycles. The fraction of sp³-hybridized carbons (Fsp3) is 0.765. The van der Waals surface area contributed by atoms with Crippen molar-refractivity contribution < 1.29 is 9.53 Å². The Hall–Kier alpha value is -1.56. The molecule has 0 aliphatic heterocycles. The number of aryl methyl sites for hydroxylation is 1. The number of methoxy groups -OCH3 is 1. The van der Waals surface area contributed by atoms with Crippen LogP contribution in [-0.4, -0.2) is 47.5 Å². The minimum absolute atomic E-state index is 0.0437. The quantitative estimate of drug-likeness (QED) is 0.760. The normalized spacial score (nSPS) is 14.1. The molecule has 1 aliphatic carbocycles. The summed E-state index contributed by atoms with van der Waals surface area (Å²) in [5.41, 5.74) is 3.18. The summed E-state index contributed by atoms with van der Waals surface area (Å²) >= 11 is 0. The van der Waals surface area contributed by atoms with Gasteiger partial charge in [-0.1, -0.05) is 6.92 Å². The largest absolute Gasteiger partial charge is 0.383 e. The van der Waals surface area contributed by atoms with E-state index < -0.39 is 0 Å². The van der Waals surface area contributed by atoms with Gasteiger partial charge in [0.1, 0.15) is 0 Å². The van der Waals surface area contributed by atoms with Crippen molar-refractivity contribution in [2.75, 3.05) is 26.8 Å². The zero-order valence-corrected chi connectivity index (χ0v) is 14.9. The van der Waals surface area contributed by atoms with Crippen LogP contribution in [0.3, 0.4) is 0 Å². The van der Waals surface area contributed by atoms with Gasteiger partial charge < -0.3 is 15.0 Å². The van der Waals surface area contributed by atoms with Crippen LogP contribution in [-0.2, 0) is 17.8 Å². The number of nitrogens with zero attached hydrogens (tertiary/aromatic N) is 3. The summed E-state index contributed by atoms with van der Waals surface area (Å²) in [6, 6.07) is 0.0437. The van der Waals surface area contributed by atoms with Gasteiger partial charge in [-0.25, -0.2) is 4.79 Å². The third kappa shape index (κ3) is 4.96. The van der Waals surface area contributed by atoms with Crippen molar-refractivity contribution in [2.24, 2.45) is 5.92 Å². The zero-order valence-electron chi connectivity index (χ0n) is 14.9. The fourth-order valence-electron chi connectivity index (χ4n) is 2.82. The molecule has 6 heteroatoms. The van der Waals surface area contributed by atoms with Crippen molar-refractivity contribution >= 4 is 6.03 Å². The zero-order chi connectivity index (χ0) is 16.8. The molecule has 0 radical (unpaired) electrons. The number of nitrogens with one attached hydrogen (secondary N) is 1. The lowest BCUT2D eigenvalue weighted by Gasteiger charge is -2.22. The Balaban J connectivity index is 1.93. The minimum Gasteiger partial charge on any atom is -0.383 e. The van der Waals surface area contributed by atoms with E-state index in [-0.39, 0.29) is 6.03 Å². The molecular formula is C17H30N4O2. The molecule has 2 rings (SSSR count). The van der Waals surface area contributed by atoms with Crippen LogP contribution >= 0.6 is 0 Å². The highest BCUT2D eigenvalue weighted by molar-refractivity contribution is 5.74. The maximum absolute atomic E-state index is 12.4. The number of carbonyl (C=O) groups is 1. The van der Waals surface area contributed by atoms with Crippen LogP contribution in [0.4, 0.5) is 4.79 Å². The molecule has 1 aromatic heterocycles. The minimum atomic E-state index is 0.0437. The van der Waals surface area contributed by atoms with Gasteiger partial charge in [0.05, 0.1) is 18.8 Å². The van der Waals surface area contributed by atoms with Crippen LogP contribution < -0.4 is 5.32 Å². The van der Waals surface area contributed by atoms with E-state index in [0.717, 1.165) is 43.0 Å². The number of urea groups is 1. The Labute approximate surface area is 139 Å². The summed E-state index contributed by atoms with van der Waals surface area (Å²) in [6.45, 7) is 9.78. The molecule has 1 aliphatic rings. The molecule has 1 aromatic rings. The number of aromatic nitrogens is 2. The molecule has 0 unspecified atom stereocenters. The van der Waals surface area contributed by atoms with E-state index in [9.17, 15) is 4.79 Å². The molecule has 2 amide bonds. The molecule has 0 bridgehead atoms. The second kappa shape index (κ2) is 8.34. The van der Waals surface area contributed by atoms with Gasteiger partial charge >= 0.3 is 6.03 Å². The summed E-state index contributed by atoms with van der Waals surface area (Å²) in [6.07, 6.45) is 3.52. The Morgan fingerprint density at radius 3 is 2.78 bits per heavy atom. The first-order valence-corrected chi connectivity index (χ1v) is 8.61. The van der Waals surface area contributed by atoms with Gasteiger partial charge in [-0.2, -0.15) is 5.10 Å². The van der Waals surface area contributed by atoms with Gasteiger partial charge in [0.15, 0.2) is 0 Å². The predicted molar refractivity (Wildman–Crippen MR) is 90.4 cm³/mol. The smallest absolute Gasteiger partial charge is 0.317 e. The molecule has 1 N–H and O–H groups in total. The highest BCUT2D eigenvalue weighted by atomic mass is 16.5. The lowest BCUT2D eigenvalue weighted by atomic mass is 10.2. The first-order chi connectivity index (χ1) is 11.1. The molecule has 6 nitrogen and oxygen atoms in total. The molecule has 0 aromatic carbocycles. The highest BCUT2D eigenvalue weighted by Crippen LogP contribution is 2.29. The Morgan fingerprint density at radius 2 is 2.17 bits per heavy atom. The number of carbonyl (C=O) groups excluding carboxylic acids is 1. The summed E-state index contributed by atoms with van der Waals surface area (Å²) < 4.78 is 7.06. The number of amides is 2. The average Bonchev–Trinajstić information content (AvgIpc) is 3.30.